The van der Waals surface area contributed by atoms with Gasteiger partial charge in [0.05, 0.1) is 0 Å². The van der Waals surface area contributed by atoms with Crippen molar-refractivity contribution in [3.8, 4) is 0 Å². The number of carbonyl (C=O) groups is 1. The molecule has 0 bridgehead atoms. The minimum Gasteiger partial charge on any atom is -0.478 e. The number of allylic oxidation sites excluding steroid dienone is 1. The molecule has 0 heterocycles. The van der Waals surface area contributed by atoms with Crippen molar-refractivity contribution in [2.75, 3.05) is 0 Å². The first-order valence-electron chi connectivity index (χ1n) is 5.68. The Bertz CT molecular complexity index is 190. The van der Waals surface area contributed by atoms with Crippen molar-refractivity contribution >= 4 is 5.97 Å². The predicted octanol–water partition coefficient (Wildman–Crippen LogP) is 3.38. The topological polar surface area (TPSA) is 37.3 Å². The zero-order valence-corrected chi connectivity index (χ0v) is 8.74. The van der Waals surface area contributed by atoms with E-state index in [0.717, 1.165) is 18.8 Å². The molecule has 0 aromatic rings. The monoisotopic (exact) mass is 196 g/mol. The molecular weight excluding hydrogens is 176 g/mol. The molecule has 0 unspecified atom stereocenters. The molecule has 1 rings (SSSR count). The molecule has 2 nitrogen and oxygen atoms in total. The SMILES string of the molecule is O=C(O)C=CCCCC1CCCCC1. The highest BCUT2D eigenvalue weighted by atomic mass is 16.4. The van der Waals surface area contributed by atoms with E-state index in [9.17, 15) is 4.79 Å². The summed E-state index contributed by atoms with van der Waals surface area (Å²) in [5, 5.41) is 8.37. The summed E-state index contributed by atoms with van der Waals surface area (Å²) in [5.74, 6) is 0.0876. The van der Waals surface area contributed by atoms with Gasteiger partial charge in [-0.05, 0) is 18.8 Å². The molecule has 1 fully saturated rings. The van der Waals surface area contributed by atoms with Crippen molar-refractivity contribution in [3.05, 3.63) is 12.2 Å². The Morgan fingerprint density at radius 1 is 1.29 bits per heavy atom. The van der Waals surface area contributed by atoms with Gasteiger partial charge in [0.1, 0.15) is 0 Å². The van der Waals surface area contributed by atoms with Crippen molar-refractivity contribution in [2.24, 2.45) is 5.92 Å². The number of carboxylic acid groups (broad SMARTS) is 1. The lowest BCUT2D eigenvalue weighted by Crippen LogP contribution is -2.05. The van der Waals surface area contributed by atoms with Crippen molar-refractivity contribution < 1.29 is 9.90 Å². The molecule has 1 N–H and O–H groups in total. The second kappa shape index (κ2) is 6.63. The Kier molecular flexibility index (Phi) is 5.35. The quantitative estimate of drug-likeness (QED) is 0.540. The van der Waals surface area contributed by atoms with Gasteiger partial charge in [-0.1, -0.05) is 44.6 Å². The minimum absolute atomic E-state index is 0.831. The molecule has 0 saturated heterocycles. The third-order valence-corrected chi connectivity index (χ3v) is 2.97. The van der Waals surface area contributed by atoms with E-state index in [0.29, 0.717) is 0 Å². The van der Waals surface area contributed by atoms with Gasteiger partial charge in [-0.3, -0.25) is 0 Å². The number of unbranched alkanes of at least 4 members (excludes halogenated alkanes) is 1. The van der Waals surface area contributed by atoms with Crippen LogP contribution in [0.3, 0.4) is 0 Å². The zero-order chi connectivity index (χ0) is 10.2. The average Bonchev–Trinajstić information content (AvgIpc) is 2.18. The predicted molar refractivity (Wildman–Crippen MR) is 57.2 cm³/mol. The summed E-state index contributed by atoms with van der Waals surface area (Å²) >= 11 is 0. The van der Waals surface area contributed by atoms with Crippen LogP contribution in [-0.2, 0) is 4.79 Å². The molecule has 2 heteroatoms. The van der Waals surface area contributed by atoms with E-state index in [1.807, 2.05) is 0 Å². The first-order chi connectivity index (χ1) is 6.79. The summed E-state index contributed by atoms with van der Waals surface area (Å²) in [4.78, 5) is 10.2. The van der Waals surface area contributed by atoms with E-state index in [-0.39, 0.29) is 0 Å². The van der Waals surface area contributed by atoms with Crippen molar-refractivity contribution in [1.29, 1.82) is 0 Å². The van der Waals surface area contributed by atoms with Gasteiger partial charge < -0.3 is 5.11 Å². The number of hydrogen-bond acceptors (Lipinski definition) is 1. The molecule has 0 aromatic carbocycles. The van der Waals surface area contributed by atoms with Gasteiger partial charge in [0.25, 0.3) is 0 Å². The smallest absolute Gasteiger partial charge is 0.327 e. The van der Waals surface area contributed by atoms with Gasteiger partial charge in [0.2, 0.25) is 0 Å². The fourth-order valence-corrected chi connectivity index (χ4v) is 2.18. The third kappa shape index (κ3) is 5.05. The summed E-state index contributed by atoms with van der Waals surface area (Å²) in [7, 11) is 0. The molecule has 0 radical (unpaired) electrons. The Hall–Kier alpha value is -0.790. The average molecular weight is 196 g/mol. The Balaban J connectivity index is 2.00. The van der Waals surface area contributed by atoms with Crippen LogP contribution in [0.25, 0.3) is 0 Å². The van der Waals surface area contributed by atoms with Crippen molar-refractivity contribution in [2.45, 2.75) is 51.4 Å². The minimum atomic E-state index is -0.831. The lowest BCUT2D eigenvalue weighted by Gasteiger charge is -2.20. The number of hydrogen-bond donors (Lipinski definition) is 1. The molecule has 0 amide bonds. The largest absolute Gasteiger partial charge is 0.478 e. The van der Waals surface area contributed by atoms with Crippen molar-refractivity contribution in [1.82, 2.24) is 0 Å². The van der Waals surface area contributed by atoms with Crippen LogP contribution in [0.2, 0.25) is 0 Å². The van der Waals surface area contributed by atoms with E-state index in [4.69, 9.17) is 5.11 Å². The van der Waals surface area contributed by atoms with Crippen LogP contribution in [0.1, 0.15) is 51.4 Å². The molecule has 1 aliphatic rings. The van der Waals surface area contributed by atoms with Gasteiger partial charge in [-0.15, -0.1) is 0 Å². The van der Waals surface area contributed by atoms with Crippen LogP contribution in [0.15, 0.2) is 12.2 Å². The van der Waals surface area contributed by atoms with E-state index >= 15 is 0 Å². The van der Waals surface area contributed by atoms with Gasteiger partial charge in [-0.25, -0.2) is 4.79 Å². The van der Waals surface area contributed by atoms with Crippen LogP contribution in [-0.4, -0.2) is 11.1 Å². The van der Waals surface area contributed by atoms with E-state index in [2.05, 4.69) is 0 Å². The fourth-order valence-electron chi connectivity index (χ4n) is 2.18. The molecule has 0 aliphatic heterocycles. The Labute approximate surface area is 86.0 Å². The van der Waals surface area contributed by atoms with Gasteiger partial charge in [-0.2, -0.15) is 0 Å². The summed E-state index contributed by atoms with van der Waals surface area (Å²) in [5.41, 5.74) is 0. The maximum atomic E-state index is 10.2. The van der Waals surface area contributed by atoms with Gasteiger partial charge >= 0.3 is 5.97 Å². The maximum absolute atomic E-state index is 10.2. The first-order valence-corrected chi connectivity index (χ1v) is 5.68. The molecule has 1 saturated carbocycles. The Morgan fingerprint density at radius 3 is 2.64 bits per heavy atom. The Morgan fingerprint density at radius 2 is 2.00 bits per heavy atom. The van der Waals surface area contributed by atoms with E-state index in [1.165, 1.54) is 44.6 Å². The number of carboxylic acids is 1. The van der Waals surface area contributed by atoms with E-state index < -0.39 is 5.97 Å². The highest BCUT2D eigenvalue weighted by Gasteiger charge is 2.11. The standard InChI is InChI=1S/C12H20O2/c13-12(14)10-6-2-5-9-11-7-3-1-4-8-11/h6,10-11H,1-5,7-9H2,(H,13,14). The highest BCUT2D eigenvalue weighted by molar-refractivity contribution is 5.79. The molecule has 0 spiro atoms. The van der Waals surface area contributed by atoms with Crippen LogP contribution in [0.5, 0.6) is 0 Å². The van der Waals surface area contributed by atoms with Gasteiger partial charge in [0, 0.05) is 6.08 Å². The third-order valence-electron chi connectivity index (χ3n) is 2.97. The number of aliphatic carboxylic acids is 1. The first kappa shape index (κ1) is 11.3. The molecule has 0 atom stereocenters. The molecule has 14 heavy (non-hydrogen) atoms. The number of rotatable bonds is 5. The molecule has 80 valence electrons. The summed E-state index contributed by atoms with van der Waals surface area (Å²) in [6, 6.07) is 0. The zero-order valence-electron chi connectivity index (χ0n) is 8.74. The van der Waals surface area contributed by atoms with Crippen molar-refractivity contribution in [3.63, 3.8) is 0 Å². The summed E-state index contributed by atoms with van der Waals surface area (Å²) in [6.07, 6.45) is 13.4. The lowest BCUT2D eigenvalue weighted by atomic mass is 9.86. The fraction of sp³-hybridized carbons (Fsp3) is 0.750. The second-order valence-electron chi connectivity index (χ2n) is 4.18. The highest BCUT2D eigenvalue weighted by Crippen LogP contribution is 2.27. The van der Waals surface area contributed by atoms with Gasteiger partial charge in [0.15, 0.2) is 0 Å². The normalized spacial score (nSPS) is 18.9. The van der Waals surface area contributed by atoms with E-state index in [1.54, 1.807) is 6.08 Å². The lowest BCUT2D eigenvalue weighted by molar-refractivity contribution is -0.131. The summed E-state index contributed by atoms with van der Waals surface area (Å²) < 4.78 is 0. The molecule has 0 aromatic heterocycles. The maximum Gasteiger partial charge on any atom is 0.327 e. The molecule has 1 aliphatic carbocycles. The second-order valence-corrected chi connectivity index (χ2v) is 4.18. The van der Waals surface area contributed by atoms with Crippen LogP contribution >= 0.6 is 0 Å². The summed E-state index contributed by atoms with van der Waals surface area (Å²) in [6.45, 7) is 0. The van der Waals surface area contributed by atoms with Crippen LogP contribution < -0.4 is 0 Å². The van der Waals surface area contributed by atoms with Crippen LogP contribution in [0.4, 0.5) is 0 Å². The molecular formula is C12H20O2. The van der Waals surface area contributed by atoms with Crippen LogP contribution in [0, 0.1) is 5.92 Å².